The van der Waals surface area contributed by atoms with Crippen molar-refractivity contribution in [3.8, 4) is 0 Å². The van der Waals surface area contributed by atoms with Crippen molar-refractivity contribution in [2.45, 2.75) is 19.9 Å². The Kier molecular flexibility index (Phi) is 7.03. The normalized spacial score (nSPS) is 10.5. The highest BCUT2D eigenvalue weighted by Crippen LogP contribution is 2.20. The van der Waals surface area contributed by atoms with E-state index in [1.54, 1.807) is 19.2 Å². The van der Waals surface area contributed by atoms with Crippen LogP contribution in [0.3, 0.4) is 0 Å². The molecule has 0 saturated carbocycles. The van der Waals surface area contributed by atoms with Crippen molar-refractivity contribution >= 4 is 29.2 Å². The number of aromatic nitrogens is 2. The second-order valence-corrected chi connectivity index (χ2v) is 7.16. The summed E-state index contributed by atoms with van der Waals surface area (Å²) in [5.41, 5.74) is 2.51. The monoisotopic (exact) mass is 427 g/mol. The van der Waals surface area contributed by atoms with Gasteiger partial charge in [-0.05, 0) is 30.2 Å². The standard InChI is InChI=1S/C21H22ClN5O3/c1-14-8-9-16(12-17(14)22)24-21(29)27(2)11-10-18-25-20(30-26-18)19(28)23-13-15-6-4-3-5-7-15/h3-9,12H,10-11,13H2,1-2H3,(H,23,28)(H,24,29). The second kappa shape index (κ2) is 9.89. The van der Waals surface area contributed by atoms with Gasteiger partial charge < -0.3 is 20.1 Å². The predicted molar refractivity (Wildman–Crippen MR) is 113 cm³/mol. The molecule has 0 aliphatic rings. The van der Waals surface area contributed by atoms with E-state index in [1.807, 2.05) is 43.3 Å². The van der Waals surface area contributed by atoms with Crippen molar-refractivity contribution < 1.29 is 14.1 Å². The topological polar surface area (TPSA) is 100 Å². The number of nitrogens with one attached hydrogen (secondary N) is 2. The van der Waals surface area contributed by atoms with Gasteiger partial charge in [-0.25, -0.2) is 4.79 Å². The van der Waals surface area contributed by atoms with Gasteiger partial charge in [0.05, 0.1) is 0 Å². The Morgan fingerprint density at radius 3 is 2.67 bits per heavy atom. The lowest BCUT2D eigenvalue weighted by atomic mass is 10.2. The number of hydrogen-bond donors (Lipinski definition) is 2. The van der Waals surface area contributed by atoms with Gasteiger partial charge in [-0.1, -0.05) is 53.2 Å². The Morgan fingerprint density at radius 1 is 1.17 bits per heavy atom. The summed E-state index contributed by atoms with van der Waals surface area (Å²) in [5.74, 6) is -0.208. The first-order valence-electron chi connectivity index (χ1n) is 9.35. The fraction of sp³-hybridized carbons (Fsp3) is 0.238. The van der Waals surface area contributed by atoms with Gasteiger partial charge in [-0.3, -0.25) is 4.79 Å². The van der Waals surface area contributed by atoms with Crippen LogP contribution in [0.2, 0.25) is 5.02 Å². The summed E-state index contributed by atoms with van der Waals surface area (Å²) in [7, 11) is 1.65. The van der Waals surface area contributed by atoms with Gasteiger partial charge in [0.25, 0.3) is 0 Å². The molecule has 9 heteroatoms. The number of carbonyl (C=O) groups is 2. The van der Waals surface area contributed by atoms with E-state index < -0.39 is 5.91 Å². The molecule has 0 aliphatic carbocycles. The van der Waals surface area contributed by atoms with Gasteiger partial charge in [0.2, 0.25) is 0 Å². The predicted octanol–water partition coefficient (Wildman–Crippen LogP) is 3.67. The molecule has 3 amide bonds. The number of anilines is 1. The van der Waals surface area contributed by atoms with E-state index in [2.05, 4.69) is 20.8 Å². The van der Waals surface area contributed by atoms with Crippen LogP contribution in [-0.4, -0.2) is 40.6 Å². The first-order chi connectivity index (χ1) is 14.4. The first kappa shape index (κ1) is 21.3. The van der Waals surface area contributed by atoms with Gasteiger partial charge in [0.15, 0.2) is 5.82 Å². The van der Waals surface area contributed by atoms with Crippen molar-refractivity contribution in [3.05, 3.63) is 76.4 Å². The van der Waals surface area contributed by atoms with Crippen LogP contribution >= 0.6 is 11.6 Å². The molecule has 0 atom stereocenters. The van der Waals surface area contributed by atoms with Crippen LogP contribution in [0.25, 0.3) is 0 Å². The Morgan fingerprint density at radius 2 is 1.93 bits per heavy atom. The Labute approximate surface area is 179 Å². The van der Waals surface area contributed by atoms with Crippen molar-refractivity contribution in [2.75, 3.05) is 18.9 Å². The summed E-state index contributed by atoms with van der Waals surface area (Å²) in [6.07, 6.45) is 0.341. The van der Waals surface area contributed by atoms with Crippen LogP contribution in [0, 0.1) is 6.92 Å². The van der Waals surface area contributed by atoms with Crippen LogP contribution in [0.5, 0.6) is 0 Å². The zero-order valence-electron chi connectivity index (χ0n) is 16.7. The molecule has 3 rings (SSSR count). The molecule has 156 valence electrons. The summed E-state index contributed by atoms with van der Waals surface area (Å²) in [6, 6.07) is 14.5. The number of benzene rings is 2. The van der Waals surface area contributed by atoms with E-state index in [9.17, 15) is 9.59 Å². The van der Waals surface area contributed by atoms with Gasteiger partial charge in [0.1, 0.15) is 0 Å². The van der Waals surface area contributed by atoms with Crippen molar-refractivity contribution in [3.63, 3.8) is 0 Å². The molecule has 8 nitrogen and oxygen atoms in total. The summed E-state index contributed by atoms with van der Waals surface area (Å²) in [4.78, 5) is 30.0. The fourth-order valence-corrected chi connectivity index (χ4v) is 2.74. The van der Waals surface area contributed by atoms with E-state index >= 15 is 0 Å². The minimum Gasteiger partial charge on any atom is -0.344 e. The molecule has 0 unspecified atom stereocenters. The van der Waals surface area contributed by atoms with Crippen LogP contribution in [0.1, 0.15) is 27.6 Å². The molecule has 0 radical (unpaired) electrons. The first-order valence-corrected chi connectivity index (χ1v) is 9.73. The number of rotatable bonds is 7. The number of carbonyl (C=O) groups excluding carboxylic acids is 2. The number of amides is 3. The minimum atomic E-state index is -0.444. The van der Waals surface area contributed by atoms with Crippen molar-refractivity contribution in [1.29, 1.82) is 0 Å². The van der Waals surface area contributed by atoms with Crippen LogP contribution in [0.15, 0.2) is 53.1 Å². The number of nitrogens with zero attached hydrogens (tertiary/aromatic N) is 3. The Hall–Kier alpha value is -3.39. The molecule has 0 saturated heterocycles. The van der Waals surface area contributed by atoms with Gasteiger partial charge in [-0.15, -0.1) is 0 Å². The third kappa shape index (κ3) is 5.81. The van der Waals surface area contributed by atoms with Crippen LogP contribution in [0.4, 0.5) is 10.5 Å². The van der Waals surface area contributed by atoms with Gasteiger partial charge in [-0.2, -0.15) is 4.98 Å². The average Bonchev–Trinajstić information content (AvgIpc) is 3.23. The zero-order valence-corrected chi connectivity index (χ0v) is 17.4. The van der Waals surface area contributed by atoms with Crippen molar-refractivity contribution in [2.24, 2.45) is 0 Å². The summed E-state index contributed by atoms with van der Waals surface area (Å²) in [6.45, 7) is 2.60. The second-order valence-electron chi connectivity index (χ2n) is 6.75. The smallest absolute Gasteiger partial charge is 0.321 e. The summed E-state index contributed by atoms with van der Waals surface area (Å²) < 4.78 is 5.02. The lowest BCUT2D eigenvalue weighted by Crippen LogP contribution is -2.33. The third-order valence-electron chi connectivity index (χ3n) is 4.40. The molecule has 2 aromatic carbocycles. The maximum absolute atomic E-state index is 12.3. The van der Waals surface area contributed by atoms with Crippen LogP contribution < -0.4 is 10.6 Å². The highest BCUT2D eigenvalue weighted by Gasteiger charge is 2.16. The van der Waals surface area contributed by atoms with Crippen LogP contribution in [-0.2, 0) is 13.0 Å². The van der Waals surface area contributed by atoms with E-state index in [0.29, 0.717) is 36.0 Å². The number of hydrogen-bond acceptors (Lipinski definition) is 5. The van der Waals surface area contributed by atoms with E-state index in [4.69, 9.17) is 16.1 Å². The SMILES string of the molecule is Cc1ccc(NC(=O)N(C)CCc2noc(C(=O)NCc3ccccc3)n2)cc1Cl. The molecular formula is C21H22ClN5O3. The molecule has 0 spiro atoms. The molecule has 0 fully saturated rings. The molecule has 0 aliphatic heterocycles. The lowest BCUT2D eigenvalue weighted by Gasteiger charge is -2.17. The summed E-state index contributed by atoms with van der Waals surface area (Å²) in [5, 5.41) is 9.89. The van der Waals surface area contributed by atoms with E-state index in [1.165, 1.54) is 4.90 Å². The fourth-order valence-electron chi connectivity index (χ4n) is 2.56. The Bertz CT molecular complexity index is 1020. The third-order valence-corrected chi connectivity index (χ3v) is 4.81. The molecule has 1 aromatic heterocycles. The molecule has 0 bridgehead atoms. The summed E-state index contributed by atoms with van der Waals surface area (Å²) >= 11 is 6.08. The molecule has 30 heavy (non-hydrogen) atoms. The van der Waals surface area contributed by atoms with E-state index in [-0.39, 0.29) is 11.9 Å². The van der Waals surface area contributed by atoms with Gasteiger partial charge in [0, 0.05) is 37.3 Å². The highest BCUT2D eigenvalue weighted by molar-refractivity contribution is 6.31. The minimum absolute atomic E-state index is 0.109. The van der Waals surface area contributed by atoms with Crippen molar-refractivity contribution in [1.82, 2.24) is 20.4 Å². The number of urea groups is 1. The quantitative estimate of drug-likeness (QED) is 0.599. The molecular weight excluding hydrogens is 406 g/mol. The number of halogens is 1. The maximum Gasteiger partial charge on any atom is 0.321 e. The Balaban J connectivity index is 1.47. The van der Waals surface area contributed by atoms with E-state index in [0.717, 1.165) is 11.1 Å². The molecule has 3 aromatic rings. The molecule has 1 heterocycles. The van der Waals surface area contributed by atoms with Gasteiger partial charge >= 0.3 is 17.8 Å². The number of likely N-dealkylation sites (N-methyl/N-ethyl adjacent to an activating group) is 1. The number of aryl methyl sites for hydroxylation is 1. The largest absolute Gasteiger partial charge is 0.344 e. The lowest BCUT2D eigenvalue weighted by molar-refractivity contribution is 0.0907. The average molecular weight is 428 g/mol. The maximum atomic E-state index is 12.3. The highest BCUT2D eigenvalue weighted by atomic mass is 35.5. The zero-order chi connectivity index (χ0) is 21.5. The molecule has 2 N–H and O–H groups in total.